The average Bonchev–Trinajstić information content (AvgIpc) is 2.98. The summed E-state index contributed by atoms with van der Waals surface area (Å²) in [5, 5.41) is 12.7. The first-order valence-corrected chi connectivity index (χ1v) is 8.86. The first kappa shape index (κ1) is 17.9. The van der Waals surface area contributed by atoms with Crippen LogP contribution in [0.25, 0.3) is 11.1 Å². The lowest BCUT2D eigenvalue weighted by Crippen LogP contribution is -2.14. The molecule has 0 saturated carbocycles. The lowest BCUT2D eigenvalue weighted by atomic mass is 10.1. The molecular formula is C21H15ClN2O4. The van der Waals surface area contributed by atoms with Crippen molar-refractivity contribution >= 4 is 40.0 Å². The second-order valence-corrected chi connectivity index (χ2v) is 6.68. The van der Waals surface area contributed by atoms with Crippen LogP contribution in [0, 0.1) is 0 Å². The number of rotatable bonds is 5. The van der Waals surface area contributed by atoms with Crippen molar-refractivity contribution < 1.29 is 14.3 Å². The second-order valence-electron chi connectivity index (χ2n) is 6.24. The van der Waals surface area contributed by atoms with Crippen molar-refractivity contribution in [1.82, 2.24) is 4.57 Å². The van der Waals surface area contributed by atoms with Gasteiger partial charge in [0.2, 0.25) is 0 Å². The van der Waals surface area contributed by atoms with Gasteiger partial charge in [0.05, 0.1) is 23.3 Å². The lowest BCUT2D eigenvalue weighted by Gasteiger charge is -2.10. The van der Waals surface area contributed by atoms with Gasteiger partial charge in [0, 0.05) is 16.8 Å². The number of hydrogen-bond donors (Lipinski definition) is 2. The van der Waals surface area contributed by atoms with Crippen LogP contribution >= 0.6 is 11.6 Å². The summed E-state index contributed by atoms with van der Waals surface area (Å²) in [7, 11) is 0. The minimum absolute atomic E-state index is 0.0516. The number of aromatic carboxylic acids is 1. The molecule has 6 nitrogen and oxygen atoms in total. The Morgan fingerprint density at radius 1 is 1.07 bits per heavy atom. The highest BCUT2D eigenvalue weighted by molar-refractivity contribution is 6.31. The van der Waals surface area contributed by atoms with Crippen LogP contribution in [0.3, 0.4) is 0 Å². The summed E-state index contributed by atoms with van der Waals surface area (Å²) in [4.78, 5) is 23.7. The Bertz CT molecular complexity index is 1230. The van der Waals surface area contributed by atoms with E-state index in [0.29, 0.717) is 34.0 Å². The van der Waals surface area contributed by atoms with Gasteiger partial charge in [0.15, 0.2) is 5.58 Å². The van der Waals surface area contributed by atoms with Crippen LogP contribution in [0.4, 0.5) is 11.4 Å². The van der Waals surface area contributed by atoms with Gasteiger partial charge < -0.3 is 14.8 Å². The number of aromatic nitrogens is 1. The maximum Gasteiger partial charge on any atom is 0.420 e. The molecule has 0 spiro atoms. The number of anilines is 2. The van der Waals surface area contributed by atoms with E-state index in [1.54, 1.807) is 34.9 Å². The van der Waals surface area contributed by atoms with E-state index >= 15 is 0 Å². The second kappa shape index (κ2) is 7.25. The van der Waals surface area contributed by atoms with Crippen molar-refractivity contribution in [3.05, 3.63) is 93.4 Å². The van der Waals surface area contributed by atoms with Crippen molar-refractivity contribution in [1.29, 1.82) is 0 Å². The van der Waals surface area contributed by atoms with Crippen molar-refractivity contribution in [3.63, 3.8) is 0 Å². The highest BCUT2D eigenvalue weighted by atomic mass is 35.5. The molecule has 4 rings (SSSR count). The van der Waals surface area contributed by atoms with Crippen molar-refractivity contribution in [3.8, 4) is 0 Å². The smallest absolute Gasteiger partial charge is 0.420 e. The molecule has 0 amide bonds. The quantitative estimate of drug-likeness (QED) is 0.510. The molecule has 0 aliphatic rings. The largest absolute Gasteiger partial charge is 0.478 e. The average molecular weight is 395 g/mol. The minimum atomic E-state index is -1.09. The standard InChI is InChI=1S/C21H15ClN2O4/c22-14-6-8-17(16(10-14)20(25)26)23-15-7-9-18-19(11-15)28-21(27)24(18)12-13-4-2-1-3-5-13/h1-11,23H,12H2,(H,25,26). The lowest BCUT2D eigenvalue weighted by molar-refractivity contribution is 0.0698. The van der Waals surface area contributed by atoms with E-state index in [1.165, 1.54) is 6.07 Å². The Morgan fingerprint density at radius 3 is 2.61 bits per heavy atom. The maximum absolute atomic E-state index is 12.3. The summed E-state index contributed by atoms with van der Waals surface area (Å²) in [6.45, 7) is 0.403. The van der Waals surface area contributed by atoms with E-state index < -0.39 is 11.7 Å². The van der Waals surface area contributed by atoms with Gasteiger partial charge in [-0.2, -0.15) is 0 Å². The minimum Gasteiger partial charge on any atom is -0.478 e. The third-order valence-electron chi connectivity index (χ3n) is 4.34. The summed E-state index contributed by atoms with van der Waals surface area (Å²) >= 11 is 5.89. The summed E-state index contributed by atoms with van der Waals surface area (Å²) in [6, 6.07) is 19.4. The molecule has 0 aliphatic carbocycles. The predicted molar refractivity (Wildman–Crippen MR) is 108 cm³/mol. The molecule has 0 radical (unpaired) electrons. The fourth-order valence-electron chi connectivity index (χ4n) is 3.02. The van der Waals surface area contributed by atoms with Gasteiger partial charge in [-0.15, -0.1) is 0 Å². The molecule has 3 aromatic carbocycles. The third-order valence-corrected chi connectivity index (χ3v) is 4.58. The van der Waals surface area contributed by atoms with E-state index in [2.05, 4.69) is 5.32 Å². The Hall–Kier alpha value is -3.51. The zero-order chi connectivity index (χ0) is 19.7. The Kier molecular flexibility index (Phi) is 4.63. The molecular weight excluding hydrogens is 380 g/mol. The molecule has 0 unspecified atom stereocenters. The number of hydrogen-bond acceptors (Lipinski definition) is 4. The van der Waals surface area contributed by atoms with E-state index in [-0.39, 0.29) is 5.56 Å². The van der Waals surface area contributed by atoms with Crippen LogP contribution in [0.5, 0.6) is 0 Å². The number of carboxylic acid groups (broad SMARTS) is 1. The molecule has 0 aliphatic heterocycles. The number of fused-ring (bicyclic) bond motifs is 1. The third kappa shape index (κ3) is 3.50. The summed E-state index contributed by atoms with van der Waals surface area (Å²) in [5.41, 5.74) is 3.10. The van der Waals surface area contributed by atoms with Crippen LogP contribution in [0.2, 0.25) is 5.02 Å². The van der Waals surface area contributed by atoms with Gasteiger partial charge in [-0.3, -0.25) is 4.57 Å². The monoisotopic (exact) mass is 394 g/mol. The van der Waals surface area contributed by atoms with E-state index in [9.17, 15) is 14.7 Å². The van der Waals surface area contributed by atoms with Crippen LogP contribution in [-0.4, -0.2) is 15.6 Å². The molecule has 28 heavy (non-hydrogen) atoms. The number of oxazole rings is 1. The molecule has 4 aromatic rings. The molecule has 0 atom stereocenters. The predicted octanol–water partition coefficient (Wildman–Crippen LogP) is 4.74. The number of nitrogens with zero attached hydrogens (tertiary/aromatic N) is 1. The molecule has 1 heterocycles. The van der Waals surface area contributed by atoms with E-state index in [1.807, 2.05) is 30.3 Å². The number of halogens is 1. The first-order chi connectivity index (χ1) is 13.5. The SMILES string of the molecule is O=C(O)c1cc(Cl)ccc1Nc1ccc2c(c1)oc(=O)n2Cc1ccccc1. The summed E-state index contributed by atoms with van der Waals surface area (Å²) in [5.74, 6) is -1.54. The van der Waals surface area contributed by atoms with Crippen molar-refractivity contribution in [2.75, 3.05) is 5.32 Å². The Labute approximate surface area is 164 Å². The number of benzene rings is 3. The van der Waals surface area contributed by atoms with Gasteiger partial charge in [0.1, 0.15) is 0 Å². The normalized spacial score (nSPS) is 10.9. The van der Waals surface area contributed by atoms with Crippen molar-refractivity contribution in [2.45, 2.75) is 6.54 Å². The molecule has 0 bridgehead atoms. The molecule has 2 N–H and O–H groups in total. The number of carboxylic acids is 1. The highest BCUT2D eigenvalue weighted by Crippen LogP contribution is 2.26. The van der Waals surface area contributed by atoms with Crippen LogP contribution in [-0.2, 0) is 6.54 Å². The van der Waals surface area contributed by atoms with Crippen LogP contribution < -0.4 is 11.1 Å². The molecule has 0 saturated heterocycles. The molecule has 7 heteroatoms. The Morgan fingerprint density at radius 2 is 1.86 bits per heavy atom. The van der Waals surface area contributed by atoms with Gasteiger partial charge >= 0.3 is 11.7 Å². The van der Waals surface area contributed by atoms with Gasteiger partial charge in [-0.05, 0) is 35.9 Å². The van der Waals surface area contributed by atoms with E-state index in [0.717, 1.165) is 5.56 Å². The van der Waals surface area contributed by atoms with Gasteiger partial charge in [0.25, 0.3) is 0 Å². The van der Waals surface area contributed by atoms with Gasteiger partial charge in [-0.1, -0.05) is 41.9 Å². The first-order valence-electron chi connectivity index (χ1n) is 8.48. The fraction of sp³-hybridized carbons (Fsp3) is 0.0476. The molecule has 0 fully saturated rings. The topological polar surface area (TPSA) is 84.5 Å². The number of nitrogens with one attached hydrogen (secondary N) is 1. The molecule has 140 valence electrons. The van der Waals surface area contributed by atoms with Crippen LogP contribution in [0.1, 0.15) is 15.9 Å². The van der Waals surface area contributed by atoms with Crippen LogP contribution in [0.15, 0.2) is 75.9 Å². The maximum atomic E-state index is 12.3. The van der Waals surface area contributed by atoms with Gasteiger partial charge in [-0.25, -0.2) is 9.59 Å². The molecule has 1 aromatic heterocycles. The Balaban J connectivity index is 1.68. The summed E-state index contributed by atoms with van der Waals surface area (Å²) < 4.78 is 6.93. The zero-order valence-corrected chi connectivity index (χ0v) is 15.3. The fourth-order valence-corrected chi connectivity index (χ4v) is 3.19. The summed E-state index contributed by atoms with van der Waals surface area (Å²) in [6.07, 6.45) is 0. The highest BCUT2D eigenvalue weighted by Gasteiger charge is 2.13. The number of carbonyl (C=O) groups is 1. The zero-order valence-electron chi connectivity index (χ0n) is 14.6. The van der Waals surface area contributed by atoms with Crippen molar-refractivity contribution in [2.24, 2.45) is 0 Å². The van der Waals surface area contributed by atoms with E-state index in [4.69, 9.17) is 16.0 Å².